The van der Waals surface area contributed by atoms with Crippen LogP contribution in [-0.2, 0) is 11.4 Å². The fraction of sp³-hybridized carbons (Fsp3) is 0.462. The molecule has 1 aromatic rings. The van der Waals surface area contributed by atoms with Gasteiger partial charge in [0.25, 0.3) is 5.91 Å². The lowest BCUT2D eigenvalue weighted by Gasteiger charge is -2.18. The number of carbonyl (C=O) groups is 1. The third kappa shape index (κ3) is 3.70. The van der Waals surface area contributed by atoms with Crippen molar-refractivity contribution in [2.24, 2.45) is 0 Å². The van der Waals surface area contributed by atoms with Crippen molar-refractivity contribution in [1.29, 1.82) is 0 Å². The van der Waals surface area contributed by atoms with Gasteiger partial charge in [0.1, 0.15) is 5.75 Å². The average molecular weight is 393 g/mol. The summed E-state index contributed by atoms with van der Waals surface area (Å²) in [6.07, 6.45) is 2.20. The zero-order valence-corrected chi connectivity index (χ0v) is 13.5. The van der Waals surface area contributed by atoms with Crippen molar-refractivity contribution in [3.63, 3.8) is 0 Å². The summed E-state index contributed by atoms with van der Waals surface area (Å²) in [5, 5.41) is 12.0. The molecular weight excluding hydrogens is 378 g/mol. The maximum atomic E-state index is 11.9. The molecule has 1 saturated heterocycles. The normalized spacial score (nSPS) is 19.7. The fourth-order valence-corrected chi connectivity index (χ4v) is 3.45. The van der Waals surface area contributed by atoms with Gasteiger partial charge in [-0.05, 0) is 68.8 Å². The van der Waals surface area contributed by atoms with Gasteiger partial charge in [-0.1, -0.05) is 0 Å². The van der Waals surface area contributed by atoms with Crippen LogP contribution in [0.25, 0.3) is 0 Å². The van der Waals surface area contributed by atoms with Crippen molar-refractivity contribution in [3.05, 3.63) is 26.6 Å². The Labute approximate surface area is 128 Å². The summed E-state index contributed by atoms with van der Waals surface area (Å²) < 4.78 is 7.27. The van der Waals surface area contributed by atoms with Gasteiger partial charge >= 0.3 is 0 Å². The van der Waals surface area contributed by atoms with E-state index in [0.717, 1.165) is 27.4 Å². The monoisotopic (exact) mass is 391 g/mol. The van der Waals surface area contributed by atoms with Crippen LogP contribution in [0.4, 0.5) is 0 Å². The second-order valence-electron chi connectivity index (χ2n) is 4.44. The molecule has 1 amide bonds. The molecule has 0 spiro atoms. The first-order valence-electron chi connectivity index (χ1n) is 6.15. The Balaban J connectivity index is 2.20. The van der Waals surface area contributed by atoms with Crippen molar-refractivity contribution >= 4 is 37.8 Å². The highest BCUT2D eigenvalue weighted by Gasteiger charge is 2.24. The van der Waals surface area contributed by atoms with Crippen LogP contribution in [0, 0.1) is 0 Å². The number of carbonyl (C=O) groups excluding carboxylic acids is 1. The van der Waals surface area contributed by atoms with Crippen molar-refractivity contribution < 1.29 is 14.6 Å². The molecule has 0 bridgehead atoms. The first kappa shape index (κ1) is 14.8. The molecule has 1 aromatic carbocycles. The topological polar surface area (TPSA) is 58.6 Å². The fourth-order valence-electron chi connectivity index (χ4n) is 1.98. The van der Waals surface area contributed by atoms with E-state index in [2.05, 4.69) is 37.2 Å². The van der Waals surface area contributed by atoms with Gasteiger partial charge in [-0.2, -0.15) is 0 Å². The van der Waals surface area contributed by atoms with Crippen molar-refractivity contribution in [1.82, 2.24) is 5.32 Å². The van der Waals surface area contributed by atoms with Crippen LogP contribution in [0.1, 0.15) is 24.8 Å². The third-order valence-corrected chi connectivity index (χ3v) is 4.16. The van der Waals surface area contributed by atoms with E-state index < -0.39 is 6.10 Å². The van der Waals surface area contributed by atoms with Crippen LogP contribution in [0.2, 0.25) is 0 Å². The van der Waals surface area contributed by atoms with Gasteiger partial charge in [0, 0.05) is 6.54 Å². The molecule has 6 heteroatoms. The molecule has 1 aliphatic rings. The van der Waals surface area contributed by atoms with E-state index in [1.165, 1.54) is 0 Å². The predicted octanol–water partition coefficient (Wildman–Crippen LogP) is 2.75. The Morgan fingerprint density at radius 1 is 1.32 bits per heavy atom. The molecule has 2 N–H and O–H groups in total. The minimum Gasteiger partial charge on any atom is -0.478 e. The molecule has 1 fully saturated rings. The molecule has 1 heterocycles. The zero-order chi connectivity index (χ0) is 13.8. The van der Waals surface area contributed by atoms with Crippen LogP contribution in [-0.4, -0.2) is 23.7 Å². The molecule has 1 aliphatic heterocycles. The molecule has 19 heavy (non-hydrogen) atoms. The van der Waals surface area contributed by atoms with Gasteiger partial charge in [-0.3, -0.25) is 4.79 Å². The Morgan fingerprint density at radius 3 is 2.63 bits per heavy atom. The second kappa shape index (κ2) is 6.72. The second-order valence-corrected chi connectivity index (χ2v) is 6.15. The Bertz CT molecular complexity index is 456. The number of nitrogens with one attached hydrogen (secondary N) is 1. The van der Waals surface area contributed by atoms with Gasteiger partial charge < -0.3 is 15.2 Å². The molecule has 1 unspecified atom stereocenters. The molecule has 0 aromatic heterocycles. The first-order chi connectivity index (χ1) is 9.11. The van der Waals surface area contributed by atoms with Crippen LogP contribution in [0.3, 0.4) is 0 Å². The largest absolute Gasteiger partial charge is 0.478 e. The molecule has 104 valence electrons. The van der Waals surface area contributed by atoms with Crippen molar-refractivity contribution in [2.45, 2.75) is 32.0 Å². The van der Waals surface area contributed by atoms with Crippen LogP contribution >= 0.6 is 31.9 Å². The molecule has 1 atom stereocenters. The Kier molecular flexibility index (Phi) is 5.24. The molecule has 0 aliphatic carbocycles. The SMILES string of the molecule is O=C1NCCCCC1Oc1c(Br)cc(CO)cc1Br. The number of amides is 1. The minimum atomic E-state index is -0.463. The van der Waals surface area contributed by atoms with E-state index in [9.17, 15) is 4.79 Å². The van der Waals surface area contributed by atoms with E-state index >= 15 is 0 Å². The highest BCUT2D eigenvalue weighted by Crippen LogP contribution is 2.36. The smallest absolute Gasteiger partial charge is 0.261 e. The van der Waals surface area contributed by atoms with Crippen LogP contribution in [0.5, 0.6) is 5.75 Å². The van der Waals surface area contributed by atoms with Crippen molar-refractivity contribution in [2.75, 3.05) is 6.54 Å². The van der Waals surface area contributed by atoms with Gasteiger partial charge in [0.15, 0.2) is 6.10 Å². The lowest BCUT2D eigenvalue weighted by atomic mass is 10.1. The minimum absolute atomic E-state index is 0.0403. The molecule has 0 radical (unpaired) electrons. The average Bonchev–Trinajstić information content (AvgIpc) is 2.58. The number of aliphatic hydroxyl groups excluding tert-OH is 1. The predicted molar refractivity (Wildman–Crippen MR) is 79.0 cm³/mol. The van der Waals surface area contributed by atoms with Crippen LogP contribution in [0.15, 0.2) is 21.1 Å². The molecule has 4 nitrogen and oxygen atoms in total. The quantitative estimate of drug-likeness (QED) is 0.831. The summed E-state index contributed by atoms with van der Waals surface area (Å²) in [6.45, 7) is 0.672. The van der Waals surface area contributed by atoms with Gasteiger partial charge in [0.2, 0.25) is 0 Å². The Morgan fingerprint density at radius 2 is 2.00 bits per heavy atom. The summed E-state index contributed by atoms with van der Waals surface area (Å²) >= 11 is 6.81. The summed E-state index contributed by atoms with van der Waals surface area (Å²) in [5.74, 6) is 0.529. The maximum Gasteiger partial charge on any atom is 0.261 e. The number of rotatable bonds is 3. The molecule has 0 saturated carbocycles. The summed E-state index contributed by atoms with van der Waals surface area (Å²) in [7, 11) is 0. The van der Waals surface area contributed by atoms with Gasteiger partial charge in [-0.25, -0.2) is 0 Å². The number of aliphatic hydroxyl groups is 1. The summed E-state index contributed by atoms with van der Waals surface area (Å²) in [4.78, 5) is 11.9. The zero-order valence-electron chi connectivity index (χ0n) is 10.3. The van der Waals surface area contributed by atoms with Gasteiger partial charge in [0.05, 0.1) is 15.6 Å². The van der Waals surface area contributed by atoms with E-state index in [1.54, 1.807) is 12.1 Å². The highest BCUT2D eigenvalue weighted by molar-refractivity contribution is 9.11. The van der Waals surface area contributed by atoms with E-state index in [1.807, 2.05) is 0 Å². The molecular formula is C13H15Br2NO3. The van der Waals surface area contributed by atoms with E-state index in [4.69, 9.17) is 9.84 Å². The van der Waals surface area contributed by atoms with E-state index in [-0.39, 0.29) is 12.5 Å². The number of benzene rings is 1. The number of ether oxygens (including phenoxy) is 1. The number of hydrogen-bond acceptors (Lipinski definition) is 3. The lowest BCUT2D eigenvalue weighted by molar-refractivity contribution is -0.127. The summed E-state index contributed by atoms with van der Waals surface area (Å²) in [5.41, 5.74) is 0.774. The highest BCUT2D eigenvalue weighted by atomic mass is 79.9. The third-order valence-electron chi connectivity index (χ3n) is 2.99. The van der Waals surface area contributed by atoms with Gasteiger partial charge in [-0.15, -0.1) is 0 Å². The van der Waals surface area contributed by atoms with Crippen LogP contribution < -0.4 is 10.1 Å². The molecule has 2 rings (SSSR count). The summed E-state index contributed by atoms with van der Waals surface area (Å²) in [6, 6.07) is 3.57. The van der Waals surface area contributed by atoms with E-state index in [0.29, 0.717) is 18.7 Å². The Hall–Kier alpha value is -0.590. The number of halogens is 2. The number of hydrogen-bond donors (Lipinski definition) is 2. The standard InChI is InChI=1S/C13H15Br2NO3/c14-9-5-8(7-17)6-10(15)12(9)19-11-3-1-2-4-16-13(11)18/h5-6,11,17H,1-4,7H2,(H,16,18). The first-order valence-corrected chi connectivity index (χ1v) is 7.73. The maximum absolute atomic E-state index is 11.9. The lowest BCUT2D eigenvalue weighted by Crippen LogP contribution is -2.36. The van der Waals surface area contributed by atoms with Crippen molar-refractivity contribution in [3.8, 4) is 5.75 Å².